The molecule has 0 atom stereocenters. The number of halogens is 2. The third-order valence-corrected chi connectivity index (χ3v) is 7.41. The number of fused-ring (bicyclic) bond motifs is 2. The molecule has 3 N–H and O–H groups in total. The van der Waals surface area contributed by atoms with Crippen LogP contribution in [0.5, 0.6) is 0 Å². The second-order valence-electron chi connectivity index (χ2n) is 9.23. The molecule has 0 radical (unpaired) electrons. The Hall–Kier alpha value is -5.36. The molecule has 7 rings (SSSR count). The van der Waals surface area contributed by atoms with Crippen molar-refractivity contribution >= 4 is 44.9 Å². The van der Waals surface area contributed by atoms with Crippen LogP contribution < -0.4 is 5.32 Å². The highest BCUT2D eigenvalue weighted by molar-refractivity contribution is 7.14. The number of aromatic nitrogens is 7. The van der Waals surface area contributed by atoms with Gasteiger partial charge in [0.2, 0.25) is 5.91 Å². The molecule has 0 fully saturated rings. The number of pyridine rings is 3. The molecule has 0 bridgehead atoms. The molecule has 12 heteroatoms. The first kappa shape index (κ1) is 24.7. The molecule has 0 spiro atoms. The van der Waals surface area contributed by atoms with Gasteiger partial charge in [-0.25, -0.2) is 9.37 Å². The van der Waals surface area contributed by atoms with E-state index in [0.717, 1.165) is 16.9 Å². The number of imidazole rings is 1. The third kappa shape index (κ3) is 4.59. The molecule has 6 heterocycles. The zero-order valence-corrected chi connectivity index (χ0v) is 21.8. The molecular formula is C29H18F2N8OS. The van der Waals surface area contributed by atoms with E-state index in [2.05, 4.69) is 40.4 Å². The van der Waals surface area contributed by atoms with Gasteiger partial charge in [-0.1, -0.05) is 30.3 Å². The number of amides is 1. The van der Waals surface area contributed by atoms with Crippen LogP contribution >= 0.6 is 11.3 Å². The fraction of sp³-hybridized carbons (Fsp3) is 0.0345. The van der Waals surface area contributed by atoms with Crippen LogP contribution in [0.15, 0.2) is 79.5 Å². The van der Waals surface area contributed by atoms with Crippen LogP contribution in [0, 0.1) is 10.9 Å². The van der Waals surface area contributed by atoms with E-state index >= 15 is 4.39 Å². The van der Waals surface area contributed by atoms with Crippen molar-refractivity contribution < 1.29 is 13.6 Å². The van der Waals surface area contributed by atoms with Gasteiger partial charge in [0, 0.05) is 28.4 Å². The zero-order chi connectivity index (χ0) is 27.9. The minimum atomic E-state index is -0.625. The fourth-order valence-corrected chi connectivity index (χ4v) is 5.40. The summed E-state index contributed by atoms with van der Waals surface area (Å²) in [5.74, 6) is -0.534. The number of hydrogen-bond donors (Lipinski definition) is 3. The second kappa shape index (κ2) is 9.99. The van der Waals surface area contributed by atoms with Gasteiger partial charge in [0.25, 0.3) is 0 Å². The summed E-state index contributed by atoms with van der Waals surface area (Å²) in [6.45, 7) is 0. The lowest BCUT2D eigenvalue weighted by molar-refractivity contribution is -0.115. The Balaban J connectivity index is 1.24. The lowest BCUT2D eigenvalue weighted by Gasteiger charge is -2.08. The molecule has 0 unspecified atom stereocenters. The Bertz CT molecular complexity index is 2070. The smallest absolute Gasteiger partial charge is 0.228 e. The highest BCUT2D eigenvalue weighted by Gasteiger charge is 2.22. The summed E-state index contributed by atoms with van der Waals surface area (Å²) in [6.07, 6.45) is 7.85. The molecule has 0 aliphatic heterocycles. The quantitative estimate of drug-likeness (QED) is 0.223. The van der Waals surface area contributed by atoms with Crippen molar-refractivity contribution in [3.05, 3.63) is 96.0 Å². The number of benzene rings is 1. The summed E-state index contributed by atoms with van der Waals surface area (Å²) in [7, 11) is 0. The van der Waals surface area contributed by atoms with Crippen molar-refractivity contribution in [2.24, 2.45) is 0 Å². The zero-order valence-electron chi connectivity index (χ0n) is 21.0. The maximum atomic E-state index is 16.1. The molecule has 1 aromatic carbocycles. The minimum absolute atomic E-state index is 0.0411. The molecule has 0 saturated heterocycles. The average molecular weight is 565 g/mol. The first-order valence-corrected chi connectivity index (χ1v) is 13.3. The van der Waals surface area contributed by atoms with E-state index in [1.807, 2.05) is 30.3 Å². The molecule has 6 aromatic heterocycles. The summed E-state index contributed by atoms with van der Waals surface area (Å²) in [5.41, 5.74) is 4.14. The Labute approximate surface area is 234 Å². The van der Waals surface area contributed by atoms with Crippen molar-refractivity contribution in [3.63, 3.8) is 0 Å². The molecule has 7 aromatic rings. The number of hydrogen-bond acceptors (Lipinski definition) is 7. The van der Waals surface area contributed by atoms with Crippen LogP contribution in [0.4, 0.5) is 14.5 Å². The normalized spacial score (nSPS) is 11.4. The van der Waals surface area contributed by atoms with Crippen LogP contribution in [0.2, 0.25) is 0 Å². The van der Waals surface area contributed by atoms with Crippen molar-refractivity contribution in [2.75, 3.05) is 5.32 Å². The molecule has 0 aliphatic carbocycles. The Kier molecular flexibility index (Phi) is 6.01. The molecule has 41 heavy (non-hydrogen) atoms. The van der Waals surface area contributed by atoms with E-state index in [4.69, 9.17) is 0 Å². The van der Waals surface area contributed by atoms with Crippen molar-refractivity contribution in [3.8, 4) is 33.2 Å². The van der Waals surface area contributed by atoms with E-state index < -0.39 is 5.82 Å². The van der Waals surface area contributed by atoms with Gasteiger partial charge >= 0.3 is 0 Å². The topological polar surface area (TPSA) is 125 Å². The predicted octanol–water partition coefficient (Wildman–Crippen LogP) is 6.15. The summed E-state index contributed by atoms with van der Waals surface area (Å²) < 4.78 is 29.8. The Morgan fingerprint density at radius 1 is 0.927 bits per heavy atom. The number of carbonyl (C=O) groups is 1. The lowest BCUT2D eigenvalue weighted by atomic mass is 10.1. The highest BCUT2D eigenvalue weighted by Crippen LogP contribution is 2.35. The van der Waals surface area contributed by atoms with Gasteiger partial charge in [-0.3, -0.25) is 24.8 Å². The Morgan fingerprint density at radius 2 is 1.78 bits per heavy atom. The maximum absolute atomic E-state index is 16.1. The molecule has 0 saturated carbocycles. The van der Waals surface area contributed by atoms with Gasteiger partial charge in [-0.2, -0.15) is 9.49 Å². The standard InChI is InChI=1S/C29H18F2N8OS/c30-22-7-6-21(41-22)18-12-33-13-20-27(18)37-29(36-20)28-24-19(38-39-28)14-34-26(25(24)31)16-9-17(11-32-10-16)35-23(40)8-15-4-2-1-3-5-15/h1-7,9-14H,8H2,(H,35,40)(H,36,37)(H,38,39). The third-order valence-electron chi connectivity index (χ3n) is 6.50. The Morgan fingerprint density at radius 3 is 2.61 bits per heavy atom. The van der Waals surface area contributed by atoms with E-state index in [1.54, 1.807) is 24.5 Å². The van der Waals surface area contributed by atoms with Crippen LogP contribution in [-0.4, -0.2) is 41.0 Å². The highest BCUT2D eigenvalue weighted by atomic mass is 32.1. The fourth-order valence-electron chi connectivity index (χ4n) is 4.66. The molecule has 9 nitrogen and oxygen atoms in total. The van der Waals surface area contributed by atoms with Gasteiger partial charge in [-0.15, -0.1) is 11.3 Å². The average Bonchev–Trinajstić information content (AvgIpc) is 3.72. The largest absolute Gasteiger partial charge is 0.335 e. The SMILES string of the molecule is O=C(Cc1ccccc1)Nc1cncc(-c2ncc3[nH]nc(-c4nc5c(-c6ccc(F)s6)cncc5[nH]4)c3c2F)c1. The number of nitrogens with zero attached hydrogens (tertiary/aromatic N) is 5. The molecule has 200 valence electrons. The minimum Gasteiger partial charge on any atom is -0.335 e. The molecular weight excluding hydrogens is 546 g/mol. The van der Waals surface area contributed by atoms with Crippen molar-refractivity contribution in [1.82, 2.24) is 35.1 Å². The number of nitrogens with one attached hydrogen (secondary N) is 3. The van der Waals surface area contributed by atoms with Crippen molar-refractivity contribution in [2.45, 2.75) is 6.42 Å². The summed E-state index contributed by atoms with van der Waals surface area (Å²) in [6, 6.07) is 14.0. The van der Waals surface area contributed by atoms with Crippen LogP contribution in [0.3, 0.4) is 0 Å². The number of rotatable bonds is 6. The van der Waals surface area contributed by atoms with Crippen LogP contribution in [-0.2, 0) is 11.2 Å². The van der Waals surface area contributed by atoms with Crippen LogP contribution in [0.1, 0.15) is 5.56 Å². The van der Waals surface area contributed by atoms with Crippen LogP contribution in [0.25, 0.3) is 55.2 Å². The van der Waals surface area contributed by atoms with Gasteiger partial charge in [0.15, 0.2) is 16.8 Å². The second-order valence-corrected chi connectivity index (χ2v) is 10.3. The van der Waals surface area contributed by atoms with E-state index in [0.29, 0.717) is 44.1 Å². The summed E-state index contributed by atoms with van der Waals surface area (Å²) >= 11 is 0.989. The first-order valence-electron chi connectivity index (χ1n) is 12.4. The predicted molar refractivity (Wildman–Crippen MR) is 152 cm³/mol. The van der Waals surface area contributed by atoms with Gasteiger partial charge in [0.05, 0.1) is 47.1 Å². The summed E-state index contributed by atoms with van der Waals surface area (Å²) in [5, 5.41) is 9.80. The van der Waals surface area contributed by atoms with Gasteiger partial charge in [-0.05, 0) is 23.8 Å². The number of H-pyrrole nitrogens is 2. The van der Waals surface area contributed by atoms with Crippen molar-refractivity contribution in [1.29, 1.82) is 0 Å². The molecule has 1 amide bonds. The number of aromatic amines is 2. The van der Waals surface area contributed by atoms with E-state index in [-0.39, 0.29) is 34.2 Å². The van der Waals surface area contributed by atoms with E-state index in [1.165, 1.54) is 24.7 Å². The number of thiophene rings is 1. The summed E-state index contributed by atoms with van der Waals surface area (Å²) in [4.78, 5) is 33.8. The van der Waals surface area contributed by atoms with Gasteiger partial charge < -0.3 is 10.3 Å². The van der Waals surface area contributed by atoms with Gasteiger partial charge in [0.1, 0.15) is 16.9 Å². The molecule has 0 aliphatic rings. The first-order chi connectivity index (χ1) is 20.0. The lowest BCUT2D eigenvalue weighted by Crippen LogP contribution is -2.14. The number of anilines is 1. The van der Waals surface area contributed by atoms with E-state index in [9.17, 15) is 9.18 Å². The monoisotopic (exact) mass is 564 g/mol. The maximum Gasteiger partial charge on any atom is 0.228 e. The number of carbonyl (C=O) groups excluding carboxylic acids is 1.